The van der Waals surface area contributed by atoms with Gasteiger partial charge in [0.1, 0.15) is 23.9 Å². The highest BCUT2D eigenvalue weighted by molar-refractivity contribution is 6.01. The van der Waals surface area contributed by atoms with Gasteiger partial charge in [-0.25, -0.2) is 4.39 Å². The Kier molecular flexibility index (Phi) is 6.01. The lowest BCUT2D eigenvalue weighted by atomic mass is 10.0. The van der Waals surface area contributed by atoms with Crippen molar-refractivity contribution < 1.29 is 9.13 Å². The first-order valence-electron chi connectivity index (χ1n) is 13.2. The third-order valence-corrected chi connectivity index (χ3v) is 7.38. The van der Waals surface area contributed by atoms with E-state index in [-0.39, 0.29) is 5.82 Å². The first kappa shape index (κ1) is 23.5. The molecule has 1 fully saturated rings. The molecule has 7 rings (SSSR count). The molecule has 0 spiro atoms. The van der Waals surface area contributed by atoms with Gasteiger partial charge in [-0.3, -0.25) is 20.0 Å². The minimum absolute atomic E-state index is 0.336. The fourth-order valence-corrected chi connectivity index (χ4v) is 5.42. The van der Waals surface area contributed by atoms with Gasteiger partial charge >= 0.3 is 0 Å². The number of rotatable bonds is 7. The molecule has 0 bridgehead atoms. The van der Waals surface area contributed by atoms with Crippen molar-refractivity contribution in [2.75, 3.05) is 26.2 Å². The second kappa shape index (κ2) is 9.96. The summed E-state index contributed by atoms with van der Waals surface area (Å²) in [6.45, 7) is 3.60. The average Bonchev–Trinajstić information content (AvgIpc) is 3.72. The van der Waals surface area contributed by atoms with Crippen LogP contribution < -0.4 is 4.74 Å². The fourth-order valence-electron chi connectivity index (χ4n) is 5.42. The van der Waals surface area contributed by atoms with E-state index < -0.39 is 0 Å². The highest BCUT2D eigenvalue weighted by atomic mass is 19.1. The maximum Gasteiger partial charge on any atom is 0.127 e. The quantitative estimate of drug-likeness (QED) is 0.254. The summed E-state index contributed by atoms with van der Waals surface area (Å²) in [5, 5.41) is 9.67. The summed E-state index contributed by atoms with van der Waals surface area (Å²) in [6.07, 6.45) is 7.81. The van der Waals surface area contributed by atoms with Crippen LogP contribution in [0.1, 0.15) is 12.8 Å². The molecule has 0 saturated carbocycles. The Bertz CT molecular complexity index is 1770. The lowest BCUT2D eigenvalue weighted by molar-refractivity contribution is 0.237. The normalized spacial score (nSPS) is 14.0. The molecule has 1 aliphatic heterocycles. The second-order valence-corrected chi connectivity index (χ2v) is 9.95. The van der Waals surface area contributed by atoms with Gasteiger partial charge in [-0.2, -0.15) is 5.10 Å². The van der Waals surface area contributed by atoms with Crippen LogP contribution >= 0.6 is 0 Å². The molecule has 2 aromatic carbocycles. The number of aromatic nitrogens is 5. The van der Waals surface area contributed by atoms with Crippen molar-refractivity contribution in [1.29, 1.82) is 0 Å². The third kappa shape index (κ3) is 4.64. The third-order valence-electron chi connectivity index (χ3n) is 7.38. The summed E-state index contributed by atoms with van der Waals surface area (Å²) in [6, 6.07) is 18.9. The Morgan fingerprint density at radius 3 is 2.69 bits per heavy atom. The van der Waals surface area contributed by atoms with E-state index in [9.17, 15) is 4.39 Å². The number of nitrogens with one attached hydrogen (secondary N) is 2. The molecule has 1 saturated heterocycles. The van der Waals surface area contributed by atoms with Gasteiger partial charge in [0.15, 0.2) is 0 Å². The van der Waals surface area contributed by atoms with E-state index in [2.05, 4.69) is 36.1 Å². The summed E-state index contributed by atoms with van der Waals surface area (Å²) in [5.74, 6) is 0.189. The van der Waals surface area contributed by atoms with E-state index in [1.807, 2.05) is 42.5 Å². The zero-order valence-corrected chi connectivity index (χ0v) is 21.3. The molecule has 5 heterocycles. The van der Waals surface area contributed by atoms with Crippen LogP contribution in [0.5, 0.6) is 5.75 Å². The summed E-state index contributed by atoms with van der Waals surface area (Å²) in [4.78, 5) is 14.8. The van der Waals surface area contributed by atoms with Crippen molar-refractivity contribution in [2.24, 2.45) is 0 Å². The van der Waals surface area contributed by atoms with Crippen LogP contribution in [0.2, 0.25) is 0 Å². The number of pyridine rings is 2. The van der Waals surface area contributed by atoms with E-state index in [1.165, 1.54) is 25.0 Å². The summed E-state index contributed by atoms with van der Waals surface area (Å²) in [5.41, 5.74) is 6.90. The van der Waals surface area contributed by atoms with Crippen LogP contribution in [0.3, 0.4) is 0 Å². The molecule has 0 aliphatic carbocycles. The van der Waals surface area contributed by atoms with Crippen molar-refractivity contribution >= 4 is 21.8 Å². The van der Waals surface area contributed by atoms with E-state index in [4.69, 9.17) is 4.74 Å². The predicted molar refractivity (Wildman–Crippen MR) is 151 cm³/mol. The van der Waals surface area contributed by atoms with Gasteiger partial charge in [-0.15, -0.1) is 0 Å². The average molecular weight is 519 g/mol. The number of hydrogen-bond acceptors (Lipinski definition) is 5. The largest absolute Gasteiger partial charge is 0.492 e. The Hall–Kier alpha value is -4.56. The van der Waals surface area contributed by atoms with Crippen LogP contribution in [0.25, 0.3) is 55.6 Å². The molecule has 0 unspecified atom stereocenters. The number of hydrogen-bond donors (Lipinski definition) is 2. The summed E-state index contributed by atoms with van der Waals surface area (Å²) >= 11 is 0. The molecule has 0 atom stereocenters. The second-order valence-electron chi connectivity index (χ2n) is 9.95. The van der Waals surface area contributed by atoms with Crippen molar-refractivity contribution in [1.82, 2.24) is 30.0 Å². The standard InChI is InChI=1S/C31H27FN6O/c32-22-13-21(14-23(16-22)39-12-11-38-9-3-4-10-38)26-18-33-19-30-24(26)17-29(35-30)31-25-15-20(6-7-28(25)36-37-31)27-5-1-2-8-34-27/h1-2,5-8,13-19,35H,3-4,9-12H2,(H,36,37). The van der Waals surface area contributed by atoms with Gasteiger partial charge in [-0.05, 0) is 74.0 Å². The maximum atomic E-state index is 14.7. The van der Waals surface area contributed by atoms with Gasteiger partial charge in [0.25, 0.3) is 0 Å². The van der Waals surface area contributed by atoms with E-state index in [0.29, 0.717) is 12.4 Å². The molecule has 4 aromatic heterocycles. The predicted octanol–water partition coefficient (Wildman–Crippen LogP) is 6.45. The highest BCUT2D eigenvalue weighted by Crippen LogP contribution is 2.36. The summed E-state index contributed by atoms with van der Waals surface area (Å²) in [7, 11) is 0. The number of ether oxygens (including phenoxy) is 1. The molecule has 0 radical (unpaired) electrons. The monoisotopic (exact) mass is 518 g/mol. The number of benzene rings is 2. The molecule has 2 N–H and O–H groups in total. The highest BCUT2D eigenvalue weighted by Gasteiger charge is 2.16. The minimum Gasteiger partial charge on any atom is -0.492 e. The summed E-state index contributed by atoms with van der Waals surface area (Å²) < 4.78 is 20.6. The van der Waals surface area contributed by atoms with Gasteiger partial charge in [0, 0.05) is 46.9 Å². The molecule has 7 nitrogen and oxygen atoms in total. The molecule has 194 valence electrons. The number of likely N-dealkylation sites (tertiary alicyclic amines) is 1. The van der Waals surface area contributed by atoms with Crippen molar-refractivity contribution in [2.45, 2.75) is 12.8 Å². The number of nitrogens with zero attached hydrogens (tertiary/aromatic N) is 4. The SMILES string of the molecule is Fc1cc(OCCN2CCCC2)cc(-c2cncc3[nH]c(-c4n[nH]c5ccc(-c6ccccn6)cc45)cc23)c1. The van der Waals surface area contributed by atoms with Crippen LogP contribution in [0, 0.1) is 5.82 Å². The van der Waals surface area contributed by atoms with E-state index in [1.54, 1.807) is 18.6 Å². The van der Waals surface area contributed by atoms with Crippen molar-refractivity contribution in [3.05, 3.63) is 85.1 Å². The molecule has 0 amide bonds. The van der Waals surface area contributed by atoms with E-state index in [0.717, 1.165) is 75.2 Å². The first-order chi connectivity index (χ1) is 19.2. The smallest absolute Gasteiger partial charge is 0.127 e. The maximum absolute atomic E-state index is 14.7. The van der Waals surface area contributed by atoms with Gasteiger partial charge < -0.3 is 9.72 Å². The van der Waals surface area contributed by atoms with Crippen molar-refractivity contribution in [3.8, 4) is 39.5 Å². The molecular weight excluding hydrogens is 491 g/mol. The number of halogens is 1. The lowest BCUT2D eigenvalue weighted by Crippen LogP contribution is -2.25. The van der Waals surface area contributed by atoms with Gasteiger partial charge in [0.2, 0.25) is 0 Å². The molecule has 8 heteroatoms. The Morgan fingerprint density at radius 1 is 0.897 bits per heavy atom. The number of fused-ring (bicyclic) bond motifs is 2. The zero-order valence-electron chi connectivity index (χ0n) is 21.3. The molecular formula is C31H27FN6O. The fraction of sp³-hybridized carbons (Fsp3) is 0.194. The lowest BCUT2D eigenvalue weighted by Gasteiger charge is -2.15. The van der Waals surface area contributed by atoms with Crippen LogP contribution in [-0.2, 0) is 0 Å². The Morgan fingerprint density at radius 2 is 1.82 bits per heavy atom. The van der Waals surface area contributed by atoms with Crippen molar-refractivity contribution in [3.63, 3.8) is 0 Å². The van der Waals surface area contributed by atoms with Crippen LogP contribution in [-0.4, -0.2) is 56.3 Å². The minimum atomic E-state index is -0.336. The molecule has 6 aromatic rings. The van der Waals surface area contributed by atoms with Gasteiger partial charge in [0.05, 0.1) is 28.6 Å². The van der Waals surface area contributed by atoms with Gasteiger partial charge in [-0.1, -0.05) is 12.1 Å². The van der Waals surface area contributed by atoms with Crippen LogP contribution in [0.15, 0.2) is 79.3 Å². The Balaban J connectivity index is 1.23. The molecule has 1 aliphatic rings. The first-order valence-corrected chi connectivity index (χ1v) is 13.2. The number of aromatic amines is 2. The zero-order chi connectivity index (χ0) is 26.2. The van der Waals surface area contributed by atoms with Crippen LogP contribution in [0.4, 0.5) is 4.39 Å². The number of H-pyrrole nitrogens is 2. The van der Waals surface area contributed by atoms with E-state index >= 15 is 0 Å². The topological polar surface area (TPSA) is 82.7 Å². The Labute approximate surface area is 224 Å². The molecule has 39 heavy (non-hydrogen) atoms.